The van der Waals surface area contributed by atoms with Crippen LogP contribution in [0.4, 0.5) is 8.78 Å². The molecule has 0 aliphatic rings. The van der Waals surface area contributed by atoms with E-state index in [1.54, 1.807) is 6.92 Å². The van der Waals surface area contributed by atoms with Gasteiger partial charge in [-0.1, -0.05) is 0 Å². The Hall–Kier alpha value is -1.74. The molecule has 0 aromatic heterocycles. The highest BCUT2D eigenvalue weighted by molar-refractivity contribution is 7.89. The highest BCUT2D eigenvalue weighted by Crippen LogP contribution is 2.25. The molecule has 0 spiro atoms. The lowest BCUT2D eigenvalue weighted by atomic mass is 10.3. The number of sulfonamides is 1. The Bertz CT molecular complexity index is 596. The maximum absolute atomic E-state index is 13.6. The SMILES string of the molecule is CCN(C)C(=O)COc1c(F)cc(S(N)(=O)=O)cc1F. The van der Waals surface area contributed by atoms with E-state index >= 15 is 0 Å². The third kappa shape index (κ3) is 3.87. The minimum Gasteiger partial charge on any atom is -0.478 e. The molecule has 0 unspecified atom stereocenters. The average Bonchev–Trinajstić information content (AvgIpc) is 2.35. The summed E-state index contributed by atoms with van der Waals surface area (Å²) in [6.45, 7) is 1.57. The molecule has 0 saturated carbocycles. The number of amides is 1. The van der Waals surface area contributed by atoms with Crippen LogP contribution in [-0.2, 0) is 14.8 Å². The smallest absolute Gasteiger partial charge is 0.260 e. The highest BCUT2D eigenvalue weighted by Gasteiger charge is 2.19. The molecule has 1 aromatic carbocycles. The molecule has 0 radical (unpaired) electrons. The summed E-state index contributed by atoms with van der Waals surface area (Å²) in [5, 5.41) is 4.76. The maximum atomic E-state index is 13.6. The topological polar surface area (TPSA) is 89.7 Å². The van der Waals surface area contributed by atoms with E-state index in [1.807, 2.05) is 0 Å². The van der Waals surface area contributed by atoms with Crippen LogP contribution in [0.15, 0.2) is 17.0 Å². The molecule has 1 aromatic rings. The van der Waals surface area contributed by atoms with Crippen LogP contribution in [0.25, 0.3) is 0 Å². The minimum absolute atomic E-state index is 0.414. The molecule has 0 fully saturated rings. The van der Waals surface area contributed by atoms with Gasteiger partial charge in [-0.05, 0) is 19.1 Å². The number of ether oxygens (including phenoxy) is 1. The number of carbonyl (C=O) groups excluding carboxylic acids is 1. The molecule has 0 heterocycles. The summed E-state index contributed by atoms with van der Waals surface area (Å²) in [6, 6.07) is 1.06. The van der Waals surface area contributed by atoms with Crippen molar-refractivity contribution in [1.82, 2.24) is 4.90 Å². The molecular weight excluding hydrogens is 294 g/mol. The Morgan fingerprint density at radius 3 is 2.25 bits per heavy atom. The monoisotopic (exact) mass is 308 g/mol. The fourth-order valence-electron chi connectivity index (χ4n) is 1.26. The van der Waals surface area contributed by atoms with Crippen LogP contribution in [0.2, 0.25) is 0 Å². The molecule has 2 N–H and O–H groups in total. The number of hydrogen-bond donors (Lipinski definition) is 1. The van der Waals surface area contributed by atoms with E-state index in [2.05, 4.69) is 0 Å². The van der Waals surface area contributed by atoms with Crippen LogP contribution >= 0.6 is 0 Å². The molecule has 1 rings (SSSR count). The van der Waals surface area contributed by atoms with Crippen molar-refractivity contribution in [3.63, 3.8) is 0 Å². The van der Waals surface area contributed by atoms with Gasteiger partial charge in [-0.3, -0.25) is 4.79 Å². The lowest BCUT2D eigenvalue weighted by molar-refractivity contribution is -0.131. The van der Waals surface area contributed by atoms with Crippen molar-refractivity contribution >= 4 is 15.9 Å². The standard InChI is InChI=1S/C11H14F2N2O4S/c1-3-15(2)10(16)6-19-11-8(12)4-7(5-9(11)13)20(14,17)18/h4-5H,3,6H2,1-2H3,(H2,14,17,18). The zero-order valence-corrected chi connectivity index (χ0v) is 11.7. The van der Waals surface area contributed by atoms with E-state index in [1.165, 1.54) is 11.9 Å². The molecule has 0 aliphatic carbocycles. The van der Waals surface area contributed by atoms with E-state index in [4.69, 9.17) is 9.88 Å². The molecule has 0 bridgehead atoms. The van der Waals surface area contributed by atoms with Crippen LogP contribution < -0.4 is 9.88 Å². The summed E-state index contributed by atoms with van der Waals surface area (Å²) in [7, 11) is -2.72. The Labute approximate surface area is 115 Å². The van der Waals surface area contributed by atoms with E-state index in [0.29, 0.717) is 18.7 Å². The van der Waals surface area contributed by atoms with Crippen molar-refractivity contribution in [2.45, 2.75) is 11.8 Å². The molecule has 1 amide bonds. The second-order valence-electron chi connectivity index (χ2n) is 3.96. The lowest BCUT2D eigenvalue weighted by Gasteiger charge is -2.15. The van der Waals surface area contributed by atoms with Gasteiger partial charge < -0.3 is 9.64 Å². The molecule has 112 valence electrons. The zero-order chi connectivity index (χ0) is 15.5. The first kappa shape index (κ1) is 16.3. The van der Waals surface area contributed by atoms with Crippen LogP contribution in [0, 0.1) is 11.6 Å². The second kappa shape index (κ2) is 6.14. The zero-order valence-electron chi connectivity index (χ0n) is 10.9. The Kier molecular flexibility index (Phi) is 5.01. The van der Waals surface area contributed by atoms with Gasteiger partial charge in [0.05, 0.1) is 4.90 Å². The lowest BCUT2D eigenvalue weighted by Crippen LogP contribution is -2.31. The number of likely N-dealkylation sites (N-methyl/N-ethyl adjacent to an activating group) is 1. The third-order valence-electron chi connectivity index (χ3n) is 2.54. The number of nitrogens with zero attached hydrogens (tertiary/aromatic N) is 1. The number of primary sulfonamides is 1. The molecule has 0 aliphatic heterocycles. The molecule has 9 heteroatoms. The van der Waals surface area contributed by atoms with Crippen molar-refractivity contribution in [1.29, 1.82) is 0 Å². The number of rotatable bonds is 5. The first-order valence-corrected chi connectivity index (χ1v) is 7.10. The quantitative estimate of drug-likeness (QED) is 0.856. The largest absolute Gasteiger partial charge is 0.478 e. The Morgan fingerprint density at radius 2 is 1.85 bits per heavy atom. The number of hydrogen-bond acceptors (Lipinski definition) is 4. The average molecular weight is 308 g/mol. The number of benzene rings is 1. The predicted octanol–water partition coefficient (Wildman–Crippen LogP) is 0.469. The van der Waals surface area contributed by atoms with Gasteiger partial charge in [0.2, 0.25) is 10.0 Å². The maximum Gasteiger partial charge on any atom is 0.260 e. The van der Waals surface area contributed by atoms with Crippen molar-refractivity contribution in [2.24, 2.45) is 5.14 Å². The van der Waals surface area contributed by atoms with Crippen LogP contribution in [-0.4, -0.2) is 39.4 Å². The summed E-state index contributed by atoms with van der Waals surface area (Å²) in [4.78, 5) is 12.0. The van der Waals surface area contributed by atoms with Crippen LogP contribution in [0.1, 0.15) is 6.92 Å². The third-order valence-corrected chi connectivity index (χ3v) is 3.43. The van der Waals surface area contributed by atoms with E-state index in [9.17, 15) is 22.0 Å². The van der Waals surface area contributed by atoms with Gasteiger partial charge in [0.25, 0.3) is 5.91 Å². The number of halogens is 2. The summed E-state index contributed by atoms with van der Waals surface area (Å²) in [6.07, 6.45) is 0. The van der Waals surface area contributed by atoms with E-state index < -0.39 is 44.8 Å². The first-order chi connectivity index (χ1) is 9.16. The molecule has 0 atom stereocenters. The predicted molar refractivity (Wildman–Crippen MR) is 66.5 cm³/mol. The van der Waals surface area contributed by atoms with Crippen LogP contribution in [0.3, 0.4) is 0 Å². The van der Waals surface area contributed by atoms with Gasteiger partial charge in [-0.15, -0.1) is 0 Å². The summed E-state index contributed by atoms with van der Waals surface area (Å²) in [5.74, 6) is -3.79. The summed E-state index contributed by atoms with van der Waals surface area (Å²) < 4.78 is 53.8. The highest BCUT2D eigenvalue weighted by atomic mass is 32.2. The number of nitrogens with two attached hydrogens (primary N) is 1. The van der Waals surface area contributed by atoms with Gasteiger partial charge in [-0.2, -0.15) is 0 Å². The molecular formula is C11H14F2N2O4S. The minimum atomic E-state index is -4.22. The van der Waals surface area contributed by atoms with E-state index in [0.717, 1.165) is 0 Å². The van der Waals surface area contributed by atoms with Crippen molar-refractivity contribution in [2.75, 3.05) is 20.2 Å². The molecule has 6 nitrogen and oxygen atoms in total. The van der Waals surface area contributed by atoms with Crippen molar-refractivity contribution in [3.8, 4) is 5.75 Å². The first-order valence-electron chi connectivity index (χ1n) is 5.55. The Morgan fingerprint density at radius 1 is 1.35 bits per heavy atom. The van der Waals surface area contributed by atoms with Gasteiger partial charge in [0.1, 0.15) is 0 Å². The van der Waals surface area contributed by atoms with Crippen LogP contribution in [0.5, 0.6) is 5.75 Å². The number of carbonyl (C=O) groups is 1. The Balaban J connectivity index is 2.96. The molecule has 0 saturated heterocycles. The van der Waals surface area contributed by atoms with Gasteiger partial charge in [0, 0.05) is 13.6 Å². The summed E-state index contributed by atoms with van der Waals surface area (Å²) in [5.41, 5.74) is 0. The van der Waals surface area contributed by atoms with Gasteiger partial charge in [-0.25, -0.2) is 22.3 Å². The van der Waals surface area contributed by atoms with E-state index in [-0.39, 0.29) is 0 Å². The normalized spacial score (nSPS) is 11.2. The summed E-state index contributed by atoms with van der Waals surface area (Å²) >= 11 is 0. The fraction of sp³-hybridized carbons (Fsp3) is 0.364. The van der Waals surface area contributed by atoms with Gasteiger partial charge >= 0.3 is 0 Å². The van der Waals surface area contributed by atoms with Crippen molar-refractivity contribution < 1.29 is 26.7 Å². The fourth-order valence-corrected chi connectivity index (χ4v) is 1.79. The molecule has 20 heavy (non-hydrogen) atoms. The van der Waals surface area contributed by atoms with Crippen molar-refractivity contribution in [3.05, 3.63) is 23.8 Å². The second-order valence-corrected chi connectivity index (χ2v) is 5.52. The van der Waals surface area contributed by atoms with Gasteiger partial charge in [0.15, 0.2) is 24.0 Å².